The highest BCUT2D eigenvalue weighted by molar-refractivity contribution is 5.85. The van der Waals surface area contributed by atoms with E-state index in [-0.39, 0.29) is 6.61 Å². The molecular formula is C16H19NO5. The number of benzene rings is 1. The number of carboxylic acids is 1. The molecule has 1 aromatic rings. The van der Waals surface area contributed by atoms with Crippen molar-refractivity contribution in [1.82, 2.24) is 5.32 Å². The van der Waals surface area contributed by atoms with Crippen LogP contribution in [0.3, 0.4) is 0 Å². The Labute approximate surface area is 128 Å². The summed E-state index contributed by atoms with van der Waals surface area (Å²) in [4.78, 5) is 23.3. The first kappa shape index (κ1) is 14.8. The number of hydrogen-bond donors (Lipinski definition) is 2. The van der Waals surface area contributed by atoms with Crippen molar-refractivity contribution in [3.63, 3.8) is 0 Å². The molecule has 0 saturated heterocycles. The predicted octanol–water partition coefficient (Wildman–Crippen LogP) is 1.29. The maximum Gasteiger partial charge on any atom is 0.330 e. The molecule has 3 rings (SSSR count). The number of fused-ring (bicyclic) bond motifs is 1. The molecule has 1 saturated carbocycles. The van der Waals surface area contributed by atoms with Crippen molar-refractivity contribution < 1.29 is 24.2 Å². The van der Waals surface area contributed by atoms with E-state index in [0.29, 0.717) is 24.7 Å². The number of nitrogens with one attached hydrogen (secondary N) is 1. The predicted molar refractivity (Wildman–Crippen MR) is 77.7 cm³/mol. The van der Waals surface area contributed by atoms with Crippen molar-refractivity contribution in [3.05, 3.63) is 29.3 Å². The van der Waals surface area contributed by atoms with Crippen LogP contribution in [-0.2, 0) is 20.7 Å². The molecule has 1 aromatic carbocycles. The van der Waals surface area contributed by atoms with Crippen LogP contribution in [0.15, 0.2) is 18.2 Å². The summed E-state index contributed by atoms with van der Waals surface area (Å²) in [6.45, 7) is 1.08. The van der Waals surface area contributed by atoms with E-state index >= 15 is 0 Å². The quantitative estimate of drug-likeness (QED) is 0.793. The van der Waals surface area contributed by atoms with Crippen molar-refractivity contribution in [2.45, 2.75) is 25.3 Å². The lowest BCUT2D eigenvalue weighted by Gasteiger charge is -2.16. The Morgan fingerprint density at radius 2 is 2.23 bits per heavy atom. The molecule has 0 aromatic heterocycles. The molecule has 0 bridgehead atoms. The standard InChI is InChI=1S/C16H19NO5/c18-14(9-21-8-10-1-2-10)17-15(16(19)20)12-3-4-13-11(7-12)5-6-22-13/h3-4,7,10,15H,1-2,5-6,8-9H2,(H,17,18)(H,19,20). The third-order valence-corrected chi connectivity index (χ3v) is 3.88. The fourth-order valence-corrected chi connectivity index (χ4v) is 2.48. The van der Waals surface area contributed by atoms with Crippen LogP contribution in [0.1, 0.15) is 30.0 Å². The zero-order chi connectivity index (χ0) is 15.5. The number of carboxylic acid groups (broad SMARTS) is 1. The maximum atomic E-state index is 11.8. The lowest BCUT2D eigenvalue weighted by atomic mass is 10.0. The van der Waals surface area contributed by atoms with Crippen molar-refractivity contribution in [3.8, 4) is 5.75 Å². The third kappa shape index (κ3) is 3.57. The Hall–Kier alpha value is -2.08. The van der Waals surface area contributed by atoms with Crippen LogP contribution in [0.2, 0.25) is 0 Å². The minimum absolute atomic E-state index is 0.103. The van der Waals surface area contributed by atoms with E-state index < -0.39 is 17.9 Å². The van der Waals surface area contributed by atoms with Gasteiger partial charge in [-0.1, -0.05) is 6.07 Å². The van der Waals surface area contributed by atoms with Gasteiger partial charge in [0.25, 0.3) is 0 Å². The molecule has 22 heavy (non-hydrogen) atoms. The average molecular weight is 305 g/mol. The van der Waals surface area contributed by atoms with Crippen molar-refractivity contribution in [1.29, 1.82) is 0 Å². The Morgan fingerprint density at radius 1 is 1.41 bits per heavy atom. The van der Waals surface area contributed by atoms with Crippen LogP contribution in [0.5, 0.6) is 5.75 Å². The fourth-order valence-electron chi connectivity index (χ4n) is 2.48. The third-order valence-electron chi connectivity index (χ3n) is 3.88. The van der Waals surface area contributed by atoms with Crippen LogP contribution in [0, 0.1) is 5.92 Å². The normalized spacial score (nSPS) is 17.5. The van der Waals surface area contributed by atoms with Gasteiger partial charge in [-0.2, -0.15) is 0 Å². The zero-order valence-electron chi connectivity index (χ0n) is 12.2. The highest BCUT2D eigenvalue weighted by Crippen LogP contribution is 2.29. The minimum atomic E-state index is -1.09. The first-order valence-electron chi connectivity index (χ1n) is 7.49. The number of carbonyl (C=O) groups is 2. The van der Waals surface area contributed by atoms with Crippen LogP contribution in [0.4, 0.5) is 0 Å². The highest BCUT2D eigenvalue weighted by atomic mass is 16.5. The minimum Gasteiger partial charge on any atom is -0.493 e. The molecule has 0 radical (unpaired) electrons. The lowest BCUT2D eigenvalue weighted by Crippen LogP contribution is -2.36. The number of rotatable bonds is 7. The van der Waals surface area contributed by atoms with E-state index in [9.17, 15) is 14.7 Å². The van der Waals surface area contributed by atoms with E-state index in [1.807, 2.05) is 0 Å². The first-order valence-corrected chi connectivity index (χ1v) is 7.49. The van der Waals surface area contributed by atoms with Gasteiger partial charge in [-0.3, -0.25) is 4.79 Å². The summed E-state index contributed by atoms with van der Waals surface area (Å²) in [6, 6.07) is 4.15. The van der Waals surface area contributed by atoms with Gasteiger partial charge in [-0.15, -0.1) is 0 Å². The van der Waals surface area contributed by atoms with E-state index in [1.165, 1.54) is 0 Å². The molecule has 118 valence electrons. The molecule has 6 heteroatoms. The Balaban J connectivity index is 1.61. The number of ether oxygens (including phenoxy) is 2. The maximum absolute atomic E-state index is 11.8. The zero-order valence-corrected chi connectivity index (χ0v) is 12.2. The van der Waals surface area contributed by atoms with E-state index in [2.05, 4.69) is 5.32 Å². The molecule has 0 spiro atoms. The summed E-state index contributed by atoms with van der Waals surface area (Å²) in [7, 11) is 0. The Morgan fingerprint density at radius 3 is 2.95 bits per heavy atom. The van der Waals surface area contributed by atoms with E-state index in [4.69, 9.17) is 9.47 Å². The van der Waals surface area contributed by atoms with Crippen LogP contribution in [0.25, 0.3) is 0 Å². The second-order valence-electron chi connectivity index (χ2n) is 5.76. The van der Waals surface area contributed by atoms with Crippen molar-refractivity contribution in [2.75, 3.05) is 19.8 Å². The summed E-state index contributed by atoms with van der Waals surface area (Å²) in [5, 5.41) is 11.9. The Bertz CT molecular complexity index is 582. The summed E-state index contributed by atoms with van der Waals surface area (Å²) in [5.74, 6) is -0.147. The summed E-state index contributed by atoms with van der Waals surface area (Å²) >= 11 is 0. The summed E-state index contributed by atoms with van der Waals surface area (Å²) < 4.78 is 10.7. The van der Waals surface area contributed by atoms with Crippen LogP contribution in [-0.4, -0.2) is 36.8 Å². The monoisotopic (exact) mass is 305 g/mol. The van der Waals surface area contributed by atoms with Gasteiger partial charge in [0, 0.05) is 6.42 Å². The SMILES string of the molecule is O=C(COCC1CC1)NC(C(=O)O)c1ccc2c(c1)CCO2. The second kappa shape index (κ2) is 6.36. The molecule has 2 N–H and O–H groups in total. The smallest absolute Gasteiger partial charge is 0.330 e. The van der Waals surface area contributed by atoms with Gasteiger partial charge in [0.1, 0.15) is 12.4 Å². The van der Waals surface area contributed by atoms with Gasteiger partial charge >= 0.3 is 5.97 Å². The van der Waals surface area contributed by atoms with Crippen LogP contribution >= 0.6 is 0 Å². The van der Waals surface area contributed by atoms with Gasteiger partial charge in [-0.25, -0.2) is 4.79 Å². The van der Waals surface area contributed by atoms with Gasteiger partial charge < -0.3 is 19.9 Å². The molecule has 6 nitrogen and oxygen atoms in total. The number of hydrogen-bond acceptors (Lipinski definition) is 4. The van der Waals surface area contributed by atoms with E-state index in [0.717, 1.165) is 30.6 Å². The topological polar surface area (TPSA) is 84.9 Å². The van der Waals surface area contributed by atoms with E-state index in [1.54, 1.807) is 18.2 Å². The van der Waals surface area contributed by atoms with Gasteiger partial charge in [0.2, 0.25) is 5.91 Å². The van der Waals surface area contributed by atoms with Gasteiger partial charge in [-0.05, 0) is 42.0 Å². The Kier molecular flexibility index (Phi) is 4.29. The van der Waals surface area contributed by atoms with Gasteiger partial charge in [0.05, 0.1) is 13.2 Å². The molecule has 1 amide bonds. The molecular weight excluding hydrogens is 286 g/mol. The summed E-state index contributed by atoms with van der Waals surface area (Å²) in [6.07, 6.45) is 3.06. The van der Waals surface area contributed by atoms with Gasteiger partial charge in [0.15, 0.2) is 6.04 Å². The van der Waals surface area contributed by atoms with Crippen molar-refractivity contribution >= 4 is 11.9 Å². The molecule has 1 heterocycles. The summed E-state index contributed by atoms with van der Waals surface area (Å²) in [5.41, 5.74) is 1.52. The lowest BCUT2D eigenvalue weighted by molar-refractivity contribution is -0.142. The highest BCUT2D eigenvalue weighted by Gasteiger charge is 2.25. The number of carbonyl (C=O) groups excluding carboxylic acids is 1. The molecule has 1 unspecified atom stereocenters. The molecule has 1 aliphatic heterocycles. The second-order valence-corrected chi connectivity index (χ2v) is 5.76. The first-order chi connectivity index (χ1) is 10.6. The number of aliphatic carboxylic acids is 1. The molecule has 1 atom stereocenters. The molecule has 1 aliphatic carbocycles. The largest absolute Gasteiger partial charge is 0.493 e. The molecule has 1 fully saturated rings. The van der Waals surface area contributed by atoms with Crippen molar-refractivity contribution in [2.24, 2.45) is 5.92 Å². The van der Waals surface area contributed by atoms with Crippen LogP contribution < -0.4 is 10.1 Å². The fraction of sp³-hybridized carbons (Fsp3) is 0.500. The number of amides is 1. The molecule has 2 aliphatic rings. The average Bonchev–Trinajstić information content (AvgIpc) is 3.19.